The van der Waals surface area contributed by atoms with E-state index in [2.05, 4.69) is 28.7 Å². The van der Waals surface area contributed by atoms with E-state index in [1.165, 1.54) is 6.07 Å². The molecule has 5 heteroatoms. The second-order valence-corrected chi connectivity index (χ2v) is 7.34. The van der Waals surface area contributed by atoms with Crippen molar-refractivity contribution in [3.05, 3.63) is 85.0 Å². The van der Waals surface area contributed by atoms with Gasteiger partial charge in [0.2, 0.25) is 0 Å². The fourth-order valence-electron chi connectivity index (χ4n) is 3.07. The van der Waals surface area contributed by atoms with Gasteiger partial charge in [0.1, 0.15) is 6.61 Å². The Morgan fingerprint density at radius 3 is 2.42 bits per heavy atom. The van der Waals surface area contributed by atoms with Gasteiger partial charge in [0.15, 0.2) is 17.4 Å². The SMILES string of the molecule is C=CCOc1ccc(-c2cnc(-c3ccc(C=CCCCC(C)O)cc3)nc2)cc1F. The number of hydrogen-bond donors (Lipinski definition) is 1. The van der Waals surface area contributed by atoms with Gasteiger partial charge in [-0.05, 0) is 49.4 Å². The van der Waals surface area contributed by atoms with Crippen LogP contribution in [-0.4, -0.2) is 27.8 Å². The summed E-state index contributed by atoms with van der Waals surface area (Å²) in [5.41, 5.74) is 3.43. The summed E-state index contributed by atoms with van der Waals surface area (Å²) in [6.45, 7) is 5.63. The van der Waals surface area contributed by atoms with Gasteiger partial charge in [-0.15, -0.1) is 0 Å². The average Bonchev–Trinajstić information content (AvgIpc) is 2.78. The molecule has 0 aliphatic heterocycles. The van der Waals surface area contributed by atoms with Gasteiger partial charge in [0.25, 0.3) is 0 Å². The molecule has 0 radical (unpaired) electrons. The third kappa shape index (κ3) is 6.59. The zero-order chi connectivity index (χ0) is 22.1. The molecular weight excluding hydrogens is 391 g/mol. The van der Waals surface area contributed by atoms with Gasteiger partial charge in [0, 0.05) is 23.5 Å². The zero-order valence-electron chi connectivity index (χ0n) is 17.7. The minimum absolute atomic E-state index is 0.193. The summed E-state index contributed by atoms with van der Waals surface area (Å²) in [5.74, 6) is 0.374. The average molecular weight is 419 g/mol. The van der Waals surface area contributed by atoms with E-state index in [1.807, 2.05) is 31.2 Å². The van der Waals surface area contributed by atoms with E-state index >= 15 is 0 Å². The lowest BCUT2D eigenvalue weighted by atomic mass is 10.1. The van der Waals surface area contributed by atoms with Crippen molar-refractivity contribution in [2.45, 2.75) is 32.3 Å². The van der Waals surface area contributed by atoms with Crippen LogP contribution >= 0.6 is 0 Å². The maximum atomic E-state index is 14.2. The number of ether oxygens (including phenoxy) is 1. The molecule has 3 rings (SSSR count). The molecule has 1 atom stereocenters. The van der Waals surface area contributed by atoms with Gasteiger partial charge in [-0.2, -0.15) is 0 Å². The van der Waals surface area contributed by atoms with Crippen molar-refractivity contribution in [2.75, 3.05) is 6.61 Å². The normalized spacial score (nSPS) is 12.1. The Kier molecular flexibility index (Phi) is 8.07. The van der Waals surface area contributed by atoms with E-state index in [0.717, 1.165) is 36.0 Å². The van der Waals surface area contributed by atoms with Crippen LogP contribution in [0.1, 0.15) is 31.7 Å². The second-order valence-electron chi connectivity index (χ2n) is 7.34. The van der Waals surface area contributed by atoms with E-state index < -0.39 is 5.82 Å². The third-order valence-electron chi connectivity index (χ3n) is 4.75. The molecule has 0 aliphatic carbocycles. The smallest absolute Gasteiger partial charge is 0.165 e. The monoisotopic (exact) mass is 418 g/mol. The number of allylic oxidation sites excluding steroid dienone is 1. The Labute approximate surface area is 182 Å². The third-order valence-corrected chi connectivity index (χ3v) is 4.75. The fourth-order valence-corrected chi connectivity index (χ4v) is 3.07. The van der Waals surface area contributed by atoms with E-state index in [1.54, 1.807) is 30.6 Å². The standard InChI is InChI=1S/C26H27FN2O2/c1-3-15-31-25-14-13-22(16-24(25)27)23-17-28-26(29-18-23)21-11-9-20(10-12-21)8-6-4-5-7-19(2)30/h3,6,8-14,16-19,30H,1,4-5,7,15H2,2H3. The first-order valence-corrected chi connectivity index (χ1v) is 10.4. The fraction of sp³-hybridized carbons (Fsp3) is 0.231. The van der Waals surface area contributed by atoms with Crippen LogP contribution in [0, 0.1) is 5.82 Å². The number of rotatable bonds is 10. The summed E-state index contributed by atoms with van der Waals surface area (Å²) in [6.07, 6.45) is 11.6. The van der Waals surface area contributed by atoms with E-state index in [9.17, 15) is 9.50 Å². The molecule has 160 valence electrons. The van der Waals surface area contributed by atoms with Crippen LogP contribution in [0.25, 0.3) is 28.6 Å². The first-order valence-electron chi connectivity index (χ1n) is 10.4. The minimum Gasteiger partial charge on any atom is -0.486 e. The Morgan fingerprint density at radius 2 is 1.77 bits per heavy atom. The lowest BCUT2D eigenvalue weighted by molar-refractivity contribution is 0.182. The summed E-state index contributed by atoms with van der Waals surface area (Å²) >= 11 is 0. The highest BCUT2D eigenvalue weighted by molar-refractivity contribution is 5.65. The summed E-state index contributed by atoms with van der Waals surface area (Å²) in [4.78, 5) is 8.88. The van der Waals surface area contributed by atoms with Crippen LogP contribution in [0.4, 0.5) is 4.39 Å². The number of unbranched alkanes of at least 4 members (excludes halogenated alkanes) is 1. The Balaban J connectivity index is 1.64. The lowest BCUT2D eigenvalue weighted by Gasteiger charge is -2.07. The number of aromatic nitrogens is 2. The summed E-state index contributed by atoms with van der Waals surface area (Å²) in [7, 11) is 0. The summed E-state index contributed by atoms with van der Waals surface area (Å²) in [6, 6.07) is 12.8. The van der Waals surface area contributed by atoms with E-state index in [-0.39, 0.29) is 18.5 Å². The quantitative estimate of drug-likeness (QED) is 0.320. The van der Waals surface area contributed by atoms with Crippen LogP contribution in [0.2, 0.25) is 0 Å². The molecule has 1 heterocycles. The van der Waals surface area contributed by atoms with Crippen LogP contribution in [0.5, 0.6) is 5.75 Å². The summed E-state index contributed by atoms with van der Waals surface area (Å²) < 4.78 is 19.5. The number of halogens is 1. The van der Waals surface area contributed by atoms with Crippen LogP contribution < -0.4 is 4.74 Å². The predicted octanol–water partition coefficient (Wildman–Crippen LogP) is 6.08. The molecule has 0 aliphatic rings. The predicted molar refractivity (Wildman–Crippen MR) is 123 cm³/mol. The lowest BCUT2D eigenvalue weighted by Crippen LogP contribution is -1.97. The first-order chi connectivity index (χ1) is 15.1. The van der Waals surface area contributed by atoms with Crippen molar-refractivity contribution < 1.29 is 14.2 Å². The largest absolute Gasteiger partial charge is 0.486 e. The van der Waals surface area contributed by atoms with Crippen LogP contribution in [0.15, 0.2) is 73.6 Å². The van der Waals surface area contributed by atoms with Crippen molar-refractivity contribution >= 4 is 6.08 Å². The van der Waals surface area contributed by atoms with E-state index in [0.29, 0.717) is 11.4 Å². The highest BCUT2D eigenvalue weighted by Crippen LogP contribution is 2.26. The molecule has 0 amide bonds. The number of aliphatic hydroxyl groups is 1. The number of nitrogens with zero attached hydrogens (tertiary/aromatic N) is 2. The molecule has 0 saturated carbocycles. The maximum absolute atomic E-state index is 14.2. The van der Waals surface area contributed by atoms with Gasteiger partial charge in [-0.25, -0.2) is 14.4 Å². The van der Waals surface area contributed by atoms with Crippen molar-refractivity contribution in [3.8, 4) is 28.3 Å². The highest BCUT2D eigenvalue weighted by atomic mass is 19.1. The van der Waals surface area contributed by atoms with Crippen molar-refractivity contribution in [1.82, 2.24) is 9.97 Å². The molecule has 0 spiro atoms. The molecule has 1 N–H and O–H groups in total. The van der Waals surface area contributed by atoms with Gasteiger partial charge in [-0.3, -0.25) is 0 Å². The van der Waals surface area contributed by atoms with Gasteiger partial charge in [-0.1, -0.05) is 55.1 Å². The first kappa shape index (κ1) is 22.4. The molecule has 1 aromatic heterocycles. The molecule has 4 nitrogen and oxygen atoms in total. The van der Waals surface area contributed by atoms with Gasteiger partial charge in [0.05, 0.1) is 6.10 Å². The van der Waals surface area contributed by atoms with Gasteiger partial charge >= 0.3 is 0 Å². The Morgan fingerprint density at radius 1 is 1.06 bits per heavy atom. The molecule has 2 aromatic carbocycles. The molecule has 1 unspecified atom stereocenters. The molecule has 0 fully saturated rings. The van der Waals surface area contributed by atoms with Gasteiger partial charge < -0.3 is 9.84 Å². The van der Waals surface area contributed by atoms with Crippen LogP contribution in [-0.2, 0) is 0 Å². The van der Waals surface area contributed by atoms with Crippen molar-refractivity contribution in [3.63, 3.8) is 0 Å². The summed E-state index contributed by atoms with van der Waals surface area (Å²) in [5, 5.41) is 9.28. The molecular formula is C26H27FN2O2. The number of hydrogen-bond acceptors (Lipinski definition) is 4. The minimum atomic E-state index is -0.432. The number of aliphatic hydroxyl groups excluding tert-OH is 1. The maximum Gasteiger partial charge on any atom is 0.165 e. The molecule has 3 aromatic rings. The zero-order valence-corrected chi connectivity index (χ0v) is 17.7. The van der Waals surface area contributed by atoms with Crippen LogP contribution in [0.3, 0.4) is 0 Å². The highest BCUT2D eigenvalue weighted by Gasteiger charge is 2.08. The second kappa shape index (κ2) is 11.2. The molecule has 0 saturated heterocycles. The van der Waals surface area contributed by atoms with Crippen molar-refractivity contribution in [1.29, 1.82) is 0 Å². The topological polar surface area (TPSA) is 55.2 Å². The molecule has 0 bridgehead atoms. The van der Waals surface area contributed by atoms with Crippen molar-refractivity contribution in [2.24, 2.45) is 0 Å². The number of benzene rings is 2. The molecule has 31 heavy (non-hydrogen) atoms. The Bertz CT molecular complexity index is 1010. The Hall–Kier alpha value is -3.31. The van der Waals surface area contributed by atoms with E-state index in [4.69, 9.17) is 4.74 Å².